The SMILES string of the molecule is CC(C)n1ncc2cc(NC(=O)CCCN3C(=O)c4ccc(Br)cc4C3=O)cnc21. The first-order valence-electron chi connectivity index (χ1n) is 9.64. The van der Waals surface area contributed by atoms with E-state index in [1.807, 2.05) is 24.6 Å². The van der Waals surface area contributed by atoms with E-state index in [2.05, 4.69) is 31.3 Å². The Morgan fingerprint density at radius 1 is 1.13 bits per heavy atom. The minimum Gasteiger partial charge on any atom is -0.325 e. The molecule has 1 aliphatic rings. The van der Waals surface area contributed by atoms with E-state index in [9.17, 15) is 14.4 Å². The monoisotopic (exact) mass is 469 g/mol. The fourth-order valence-corrected chi connectivity index (χ4v) is 3.83. The predicted molar refractivity (Wildman–Crippen MR) is 115 cm³/mol. The lowest BCUT2D eigenvalue weighted by Crippen LogP contribution is -2.31. The molecular weight excluding hydrogens is 450 g/mol. The van der Waals surface area contributed by atoms with Crippen LogP contribution in [0.2, 0.25) is 0 Å². The maximum atomic E-state index is 12.5. The molecule has 0 saturated carbocycles. The van der Waals surface area contributed by atoms with Crippen LogP contribution in [0.3, 0.4) is 0 Å². The van der Waals surface area contributed by atoms with E-state index >= 15 is 0 Å². The molecule has 9 heteroatoms. The number of carbonyl (C=O) groups excluding carboxylic acids is 3. The van der Waals surface area contributed by atoms with Crippen LogP contribution in [-0.4, -0.2) is 43.9 Å². The summed E-state index contributed by atoms with van der Waals surface area (Å²) < 4.78 is 2.56. The van der Waals surface area contributed by atoms with Gasteiger partial charge in [0.15, 0.2) is 5.65 Å². The molecule has 0 aliphatic carbocycles. The number of carbonyl (C=O) groups is 3. The first-order chi connectivity index (χ1) is 14.3. The number of nitrogens with zero attached hydrogens (tertiary/aromatic N) is 4. The molecule has 154 valence electrons. The number of rotatable bonds is 6. The lowest BCUT2D eigenvalue weighted by atomic mass is 10.1. The minimum atomic E-state index is -0.325. The molecule has 1 N–H and O–H groups in total. The number of amides is 3. The molecule has 3 aromatic rings. The molecule has 8 nitrogen and oxygen atoms in total. The zero-order valence-corrected chi connectivity index (χ0v) is 18.1. The normalized spacial score (nSPS) is 13.4. The van der Waals surface area contributed by atoms with E-state index in [0.717, 1.165) is 15.5 Å². The fourth-order valence-electron chi connectivity index (χ4n) is 3.47. The van der Waals surface area contributed by atoms with Gasteiger partial charge in [0.25, 0.3) is 11.8 Å². The summed E-state index contributed by atoms with van der Waals surface area (Å²) in [7, 11) is 0. The Labute approximate surface area is 181 Å². The molecular formula is C21H20BrN5O3. The largest absolute Gasteiger partial charge is 0.325 e. The Hall–Kier alpha value is -3.07. The Kier molecular flexibility index (Phi) is 5.38. The Balaban J connectivity index is 1.34. The van der Waals surface area contributed by atoms with Gasteiger partial charge in [-0.05, 0) is 44.5 Å². The summed E-state index contributed by atoms with van der Waals surface area (Å²) in [4.78, 5) is 42.8. The number of hydrogen-bond acceptors (Lipinski definition) is 5. The van der Waals surface area contributed by atoms with Crippen LogP contribution in [0.5, 0.6) is 0 Å². The highest BCUT2D eigenvalue weighted by molar-refractivity contribution is 9.10. The van der Waals surface area contributed by atoms with Crippen LogP contribution in [0.15, 0.2) is 41.1 Å². The van der Waals surface area contributed by atoms with Gasteiger partial charge in [-0.25, -0.2) is 9.67 Å². The number of nitrogens with one attached hydrogen (secondary N) is 1. The first kappa shape index (κ1) is 20.2. The zero-order valence-electron chi connectivity index (χ0n) is 16.6. The van der Waals surface area contributed by atoms with Crippen LogP contribution >= 0.6 is 15.9 Å². The molecule has 3 amide bonds. The topological polar surface area (TPSA) is 97.2 Å². The van der Waals surface area contributed by atoms with Crippen molar-refractivity contribution >= 4 is 50.4 Å². The molecule has 0 spiro atoms. The summed E-state index contributed by atoms with van der Waals surface area (Å²) in [5.74, 6) is -0.847. The maximum Gasteiger partial charge on any atom is 0.261 e. The molecule has 1 aliphatic heterocycles. The van der Waals surface area contributed by atoms with Gasteiger partial charge in [-0.3, -0.25) is 19.3 Å². The summed E-state index contributed by atoms with van der Waals surface area (Å²) in [6.45, 7) is 4.24. The smallest absolute Gasteiger partial charge is 0.261 e. The Morgan fingerprint density at radius 3 is 2.67 bits per heavy atom. The van der Waals surface area contributed by atoms with Crippen molar-refractivity contribution in [2.75, 3.05) is 11.9 Å². The van der Waals surface area contributed by atoms with Gasteiger partial charge in [0.05, 0.1) is 29.2 Å². The van der Waals surface area contributed by atoms with Gasteiger partial charge in [0.1, 0.15) is 0 Å². The molecule has 4 rings (SSSR count). The molecule has 1 aromatic carbocycles. The number of anilines is 1. The zero-order chi connectivity index (χ0) is 21.4. The molecule has 2 aromatic heterocycles. The van der Waals surface area contributed by atoms with Gasteiger partial charge in [-0.2, -0.15) is 5.10 Å². The van der Waals surface area contributed by atoms with Crippen molar-refractivity contribution in [3.8, 4) is 0 Å². The van der Waals surface area contributed by atoms with Crippen molar-refractivity contribution in [1.29, 1.82) is 0 Å². The maximum absolute atomic E-state index is 12.5. The number of halogens is 1. The number of imide groups is 1. The predicted octanol–water partition coefficient (Wildman–Crippen LogP) is 3.79. The van der Waals surface area contributed by atoms with E-state index in [1.54, 1.807) is 30.6 Å². The van der Waals surface area contributed by atoms with Crippen molar-refractivity contribution < 1.29 is 14.4 Å². The van der Waals surface area contributed by atoms with E-state index in [1.165, 1.54) is 4.90 Å². The number of hydrogen-bond donors (Lipinski definition) is 1. The Morgan fingerprint density at radius 2 is 1.90 bits per heavy atom. The summed E-state index contributed by atoms with van der Waals surface area (Å²) in [5, 5.41) is 7.97. The lowest BCUT2D eigenvalue weighted by molar-refractivity contribution is -0.116. The van der Waals surface area contributed by atoms with E-state index < -0.39 is 0 Å². The third kappa shape index (κ3) is 3.72. The number of benzene rings is 1. The standard InChI is InChI=1S/C21H20BrN5O3/c1-12(2)27-19-13(10-24-27)8-15(11-23-19)25-18(28)4-3-7-26-20(29)16-6-5-14(22)9-17(16)21(26)30/h5-6,8-12H,3-4,7H2,1-2H3,(H,25,28). The fraction of sp³-hybridized carbons (Fsp3) is 0.286. The summed E-state index contributed by atoms with van der Waals surface area (Å²) >= 11 is 3.31. The summed E-state index contributed by atoms with van der Waals surface area (Å²) in [5.41, 5.74) is 2.13. The van der Waals surface area contributed by atoms with Gasteiger partial charge in [0.2, 0.25) is 5.91 Å². The van der Waals surface area contributed by atoms with Crippen LogP contribution in [0.4, 0.5) is 5.69 Å². The van der Waals surface area contributed by atoms with Crippen molar-refractivity contribution in [3.05, 3.63) is 52.3 Å². The molecule has 0 atom stereocenters. The van der Waals surface area contributed by atoms with Gasteiger partial charge < -0.3 is 5.32 Å². The van der Waals surface area contributed by atoms with Gasteiger partial charge in [-0.15, -0.1) is 0 Å². The van der Waals surface area contributed by atoms with Crippen LogP contribution < -0.4 is 5.32 Å². The van der Waals surface area contributed by atoms with Gasteiger partial charge >= 0.3 is 0 Å². The third-order valence-electron chi connectivity index (χ3n) is 4.92. The van der Waals surface area contributed by atoms with Gasteiger partial charge in [-0.1, -0.05) is 15.9 Å². The molecule has 3 heterocycles. The van der Waals surface area contributed by atoms with Crippen molar-refractivity contribution in [2.24, 2.45) is 0 Å². The average Bonchev–Trinajstić information content (AvgIpc) is 3.22. The average molecular weight is 470 g/mol. The number of fused-ring (bicyclic) bond motifs is 2. The van der Waals surface area contributed by atoms with Crippen molar-refractivity contribution in [2.45, 2.75) is 32.7 Å². The molecule has 30 heavy (non-hydrogen) atoms. The quantitative estimate of drug-likeness (QED) is 0.553. The highest BCUT2D eigenvalue weighted by Crippen LogP contribution is 2.26. The molecule has 0 unspecified atom stereocenters. The second kappa shape index (κ2) is 7.98. The first-order valence-corrected chi connectivity index (χ1v) is 10.4. The highest BCUT2D eigenvalue weighted by Gasteiger charge is 2.35. The van der Waals surface area contributed by atoms with Crippen molar-refractivity contribution in [1.82, 2.24) is 19.7 Å². The van der Waals surface area contributed by atoms with Crippen LogP contribution in [0.25, 0.3) is 11.0 Å². The second-order valence-electron chi connectivity index (χ2n) is 7.42. The number of aromatic nitrogens is 3. The third-order valence-corrected chi connectivity index (χ3v) is 5.42. The van der Waals surface area contributed by atoms with Crippen molar-refractivity contribution in [3.63, 3.8) is 0 Å². The molecule has 0 radical (unpaired) electrons. The summed E-state index contributed by atoms with van der Waals surface area (Å²) in [6, 6.07) is 7.04. The van der Waals surface area contributed by atoms with Crippen LogP contribution in [0.1, 0.15) is 53.4 Å². The molecule has 0 bridgehead atoms. The van der Waals surface area contributed by atoms with Crippen LogP contribution in [0, 0.1) is 0 Å². The Bertz CT molecular complexity index is 1170. The van der Waals surface area contributed by atoms with E-state index in [4.69, 9.17) is 0 Å². The van der Waals surface area contributed by atoms with Gasteiger partial charge in [0, 0.05) is 28.9 Å². The number of pyridine rings is 1. The van der Waals surface area contributed by atoms with Crippen LogP contribution in [-0.2, 0) is 4.79 Å². The minimum absolute atomic E-state index is 0.181. The van der Waals surface area contributed by atoms with E-state index in [0.29, 0.717) is 23.2 Å². The van der Waals surface area contributed by atoms with E-state index in [-0.39, 0.29) is 36.7 Å². The molecule has 0 saturated heterocycles. The lowest BCUT2D eigenvalue weighted by Gasteiger charge is -2.13. The highest BCUT2D eigenvalue weighted by atomic mass is 79.9. The second-order valence-corrected chi connectivity index (χ2v) is 8.34. The summed E-state index contributed by atoms with van der Waals surface area (Å²) in [6.07, 6.45) is 3.88. The molecule has 0 fully saturated rings.